The zero-order chi connectivity index (χ0) is 13.9. The molecule has 100 valence electrons. The minimum absolute atomic E-state index is 0.681. The Hall–Kier alpha value is -1.57. The van der Waals surface area contributed by atoms with Gasteiger partial charge < -0.3 is 15.9 Å². The Labute approximate surface area is 95.7 Å². The van der Waals surface area contributed by atoms with Crippen LogP contribution in [0.25, 0.3) is 0 Å². The van der Waals surface area contributed by atoms with Crippen LogP contribution in [0.3, 0.4) is 0 Å². The summed E-state index contributed by atoms with van der Waals surface area (Å²) in [6.07, 6.45) is 0.474. The molecular weight excluding hydrogens is 243 g/mol. The fraction of sp³-hybridized carbons (Fsp3) is 0.556. The van der Waals surface area contributed by atoms with Gasteiger partial charge in [-0.05, 0) is 25.8 Å². The van der Waals surface area contributed by atoms with Gasteiger partial charge in [-0.25, -0.2) is 9.59 Å². The first-order chi connectivity index (χ1) is 7.71. The Bertz CT molecular complexity index is 263. The molecule has 5 nitrogen and oxygen atoms in total. The van der Waals surface area contributed by atoms with E-state index in [0.717, 1.165) is 25.3 Å². The summed E-state index contributed by atoms with van der Waals surface area (Å²) in [5, 5.41) is 15.3. The second-order valence-corrected chi connectivity index (χ2v) is 2.83. The second kappa shape index (κ2) is 9.64. The van der Waals surface area contributed by atoms with Crippen LogP contribution in [0.5, 0.6) is 0 Å². The lowest BCUT2D eigenvalue weighted by molar-refractivity contribution is -0.192. The molecule has 0 heterocycles. The Morgan fingerprint density at radius 1 is 1.18 bits per heavy atom. The summed E-state index contributed by atoms with van der Waals surface area (Å²) in [6.45, 7) is 0.681. The van der Waals surface area contributed by atoms with Crippen LogP contribution in [-0.4, -0.2) is 34.9 Å². The summed E-state index contributed by atoms with van der Waals surface area (Å²) < 4.78 is 31.7. The van der Waals surface area contributed by atoms with E-state index in [1.54, 1.807) is 6.08 Å². The maximum atomic E-state index is 10.6. The van der Waals surface area contributed by atoms with E-state index in [9.17, 15) is 18.0 Å². The average molecular weight is 257 g/mol. The van der Waals surface area contributed by atoms with E-state index >= 15 is 0 Å². The van der Waals surface area contributed by atoms with E-state index in [1.165, 1.54) is 0 Å². The van der Waals surface area contributed by atoms with Gasteiger partial charge in [0.25, 0.3) is 0 Å². The van der Waals surface area contributed by atoms with E-state index in [0.29, 0.717) is 6.54 Å². The summed E-state index contributed by atoms with van der Waals surface area (Å²) in [6, 6.07) is 0. The topological polar surface area (TPSA) is 101 Å². The number of nitrogens with two attached hydrogens (primary N) is 1. The molecule has 0 unspecified atom stereocenters. The Kier molecular flexibility index (Phi) is 10.1. The van der Waals surface area contributed by atoms with Gasteiger partial charge in [-0.1, -0.05) is 6.08 Å². The predicted octanol–water partition coefficient (Wildman–Crippen LogP) is 1.39. The third-order valence-corrected chi connectivity index (χ3v) is 1.33. The van der Waals surface area contributed by atoms with Gasteiger partial charge in [-0.3, -0.25) is 0 Å². The van der Waals surface area contributed by atoms with E-state index in [2.05, 4.69) is 0 Å². The van der Waals surface area contributed by atoms with Crippen LogP contribution in [0, 0.1) is 0 Å². The molecule has 0 saturated heterocycles. The van der Waals surface area contributed by atoms with E-state index < -0.39 is 18.1 Å². The summed E-state index contributed by atoms with van der Waals surface area (Å²) >= 11 is 0. The number of carboxylic acids is 2. The van der Waals surface area contributed by atoms with Crippen LogP contribution in [-0.2, 0) is 9.59 Å². The molecule has 0 aromatic heterocycles. The predicted molar refractivity (Wildman–Crippen MR) is 53.4 cm³/mol. The van der Waals surface area contributed by atoms with Gasteiger partial charge in [0.15, 0.2) is 0 Å². The summed E-state index contributed by atoms with van der Waals surface area (Å²) in [5.74, 6) is -3.64. The minimum Gasteiger partial charge on any atom is -0.478 e. The molecule has 0 amide bonds. The molecule has 0 rings (SSSR count). The zero-order valence-electron chi connectivity index (χ0n) is 8.91. The molecular formula is C9H14F3NO4. The monoisotopic (exact) mass is 257 g/mol. The Balaban J connectivity index is 0. The first kappa shape index (κ1) is 17.8. The van der Waals surface area contributed by atoms with E-state index in [4.69, 9.17) is 20.7 Å². The van der Waals surface area contributed by atoms with Gasteiger partial charge >= 0.3 is 18.1 Å². The van der Waals surface area contributed by atoms with Gasteiger partial charge in [0.05, 0.1) is 0 Å². The average Bonchev–Trinajstić information content (AvgIpc) is 2.16. The smallest absolute Gasteiger partial charge is 0.478 e. The lowest BCUT2D eigenvalue weighted by Crippen LogP contribution is -2.21. The summed E-state index contributed by atoms with van der Waals surface area (Å²) in [4.78, 5) is 18.8. The maximum absolute atomic E-state index is 10.6. The molecule has 0 aromatic carbocycles. The number of hydrogen-bond donors (Lipinski definition) is 3. The first-order valence-corrected chi connectivity index (χ1v) is 4.61. The van der Waals surface area contributed by atoms with E-state index in [1.807, 2.05) is 0 Å². The number of hydrogen-bond acceptors (Lipinski definition) is 3. The number of aliphatic carboxylic acids is 2. The number of carboxylic acid groups (broad SMARTS) is 2. The van der Waals surface area contributed by atoms with Crippen molar-refractivity contribution >= 4 is 11.9 Å². The maximum Gasteiger partial charge on any atom is 0.490 e. The fourth-order valence-corrected chi connectivity index (χ4v) is 0.591. The van der Waals surface area contributed by atoms with Gasteiger partial charge in [0.1, 0.15) is 0 Å². The quantitative estimate of drug-likeness (QED) is 0.510. The van der Waals surface area contributed by atoms with Gasteiger partial charge in [-0.15, -0.1) is 0 Å². The standard InChI is InChI=1S/C7H13NO2.C2HF3O2/c8-6-4-2-1-3-5-7(9)10;3-2(4,5)1(6)7/h3,5H,1-2,4,6,8H2,(H,9,10);(H,6,7)/b5-3+;. The molecule has 0 aliphatic carbocycles. The van der Waals surface area contributed by atoms with Crippen molar-refractivity contribution in [1.82, 2.24) is 0 Å². The van der Waals surface area contributed by atoms with Gasteiger partial charge in [0, 0.05) is 6.08 Å². The SMILES string of the molecule is NCCCC/C=C/C(=O)O.O=C(O)C(F)(F)F. The molecule has 0 saturated carbocycles. The molecule has 4 N–H and O–H groups in total. The van der Waals surface area contributed by atoms with Gasteiger partial charge in [0.2, 0.25) is 0 Å². The third-order valence-electron chi connectivity index (χ3n) is 1.33. The van der Waals surface area contributed by atoms with Crippen molar-refractivity contribution in [3.8, 4) is 0 Å². The van der Waals surface area contributed by atoms with Crippen LogP contribution in [0.15, 0.2) is 12.2 Å². The molecule has 0 aromatic rings. The number of allylic oxidation sites excluding steroid dienone is 1. The van der Waals surface area contributed by atoms with E-state index in [-0.39, 0.29) is 0 Å². The number of unbranched alkanes of at least 4 members (excludes halogenated alkanes) is 2. The zero-order valence-corrected chi connectivity index (χ0v) is 8.91. The molecule has 0 spiro atoms. The third kappa shape index (κ3) is 17.1. The molecule has 0 fully saturated rings. The molecule has 17 heavy (non-hydrogen) atoms. The molecule has 0 aliphatic rings. The Morgan fingerprint density at radius 2 is 1.65 bits per heavy atom. The number of alkyl halides is 3. The van der Waals surface area contributed by atoms with Crippen LogP contribution in [0.2, 0.25) is 0 Å². The highest BCUT2D eigenvalue weighted by Crippen LogP contribution is 2.13. The molecule has 0 radical (unpaired) electrons. The van der Waals surface area contributed by atoms with Crippen molar-refractivity contribution in [3.63, 3.8) is 0 Å². The molecule has 8 heteroatoms. The highest BCUT2D eigenvalue weighted by Gasteiger charge is 2.38. The normalized spacial score (nSPS) is 10.8. The van der Waals surface area contributed by atoms with Crippen molar-refractivity contribution < 1.29 is 33.0 Å². The second-order valence-electron chi connectivity index (χ2n) is 2.83. The number of halogens is 3. The fourth-order valence-electron chi connectivity index (χ4n) is 0.591. The van der Waals surface area contributed by atoms with Crippen LogP contribution >= 0.6 is 0 Å². The highest BCUT2D eigenvalue weighted by atomic mass is 19.4. The van der Waals surface area contributed by atoms with Crippen LogP contribution in [0.4, 0.5) is 13.2 Å². The van der Waals surface area contributed by atoms with Crippen molar-refractivity contribution in [2.24, 2.45) is 5.73 Å². The van der Waals surface area contributed by atoms with Crippen molar-refractivity contribution in [3.05, 3.63) is 12.2 Å². The lowest BCUT2D eigenvalue weighted by Gasteiger charge is -1.93. The van der Waals surface area contributed by atoms with Crippen molar-refractivity contribution in [2.45, 2.75) is 25.4 Å². The largest absolute Gasteiger partial charge is 0.490 e. The first-order valence-electron chi connectivity index (χ1n) is 4.61. The highest BCUT2D eigenvalue weighted by molar-refractivity contribution is 5.79. The molecule has 0 aliphatic heterocycles. The van der Waals surface area contributed by atoms with Gasteiger partial charge in [-0.2, -0.15) is 13.2 Å². The van der Waals surface area contributed by atoms with Crippen LogP contribution < -0.4 is 5.73 Å². The molecule has 0 atom stereocenters. The number of rotatable bonds is 5. The summed E-state index contributed by atoms with van der Waals surface area (Å²) in [7, 11) is 0. The molecule has 0 bridgehead atoms. The Morgan fingerprint density at radius 3 is 1.94 bits per heavy atom. The lowest BCUT2D eigenvalue weighted by atomic mass is 10.2. The summed E-state index contributed by atoms with van der Waals surface area (Å²) in [5.41, 5.74) is 5.23. The minimum atomic E-state index is -5.08. The number of carbonyl (C=O) groups is 2. The van der Waals surface area contributed by atoms with Crippen molar-refractivity contribution in [2.75, 3.05) is 6.54 Å². The van der Waals surface area contributed by atoms with Crippen molar-refractivity contribution in [1.29, 1.82) is 0 Å². The van der Waals surface area contributed by atoms with Crippen LogP contribution in [0.1, 0.15) is 19.3 Å².